The number of amides is 1. The number of hydrogen-bond acceptors (Lipinski definition) is 4. The van der Waals surface area contributed by atoms with Crippen LogP contribution in [0.4, 0.5) is 5.69 Å². The molecule has 0 spiro atoms. The minimum absolute atomic E-state index is 0.0145. The molecule has 0 radical (unpaired) electrons. The first-order valence-electron chi connectivity index (χ1n) is 7.18. The predicted molar refractivity (Wildman–Crippen MR) is 80.7 cm³/mol. The van der Waals surface area contributed by atoms with E-state index >= 15 is 0 Å². The molecule has 5 heteroatoms. The Morgan fingerprint density at radius 2 is 2.15 bits per heavy atom. The second-order valence-electron chi connectivity index (χ2n) is 5.12. The SMILES string of the molecule is CCOc1ccc(NC(=O)C(C)CCCC(C)N)cn1. The van der Waals surface area contributed by atoms with Gasteiger partial charge in [0.15, 0.2) is 0 Å². The van der Waals surface area contributed by atoms with E-state index in [4.69, 9.17) is 10.5 Å². The summed E-state index contributed by atoms with van der Waals surface area (Å²) in [5, 5.41) is 2.86. The van der Waals surface area contributed by atoms with Crippen LogP contribution in [0.1, 0.15) is 40.0 Å². The molecule has 20 heavy (non-hydrogen) atoms. The van der Waals surface area contributed by atoms with Crippen LogP contribution < -0.4 is 15.8 Å². The predicted octanol–water partition coefficient (Wildman–Crippen LogP) is 2.57. The van der Waals surface area contributed by atoms with E-state index in [1.54, 1.807) is 18.3 Å². The van der Waals surface area contributed by atoms with Crippen LogP contribution in [0.25, 0.3) is 0 Å². The van der Waals surface area contributed by atoms with Gasteiger partial charge < -0.3 is 15.8 Å². The standard InChI is InChI=1S/C15H25N3O2/c1-4-20-14-9-8-13(10-17-14)18-15(19)11(2)6-5-7-12(3)16/h8-12H,4-7,16H2,1-3H3,(H,18,19). The van der Waals surface area contributed by atoms with Crippen molar-refractivity contribution >= 4 is 11.6 Å². The minimum atomic E-state index is -0.0275. The van der Waals surface area contributed by atoms with Crippen molar-refractivity contribution in [1.29, 1.82) is 0 Å². The Bertz CT molecular complexity index is 404. The number of nitrogens with zero attached hydrogens (tertiary/aromatic N) is 1. The van der Waals surface area contributed by atoms with E-state index in [-0.39, 0.29) is 17.9 Å². The van der Waals surface area contributed by atoms with E-state index in [2.05, 4.69) is 10.3 Å². The van der Waals surface area contributed by atoms with Gasteiger partial charge in [0.05, 0.1) is 18.5 Å². The van der Waals surface area contributed by atoms with Gasteiger partial charge in [0.25, 0.3) is 0 Å². The van der Waals surface area contributed by atoms with Crippen molar-refractivity contribution in [2.75, 3.05) is 11.9 Å². The largest absolute Gasteiger partial charge is 0.478 e. The van der Waals surface area contributed by atoms with Crippen LogP contribution in [-0.2, 0) is 4.79 Å². The topological polar surface area (TPSA) is 77.2 Å². The van der Waals surface area contributed by atoms with Crippen LogP contribution in [0.3, 0.4) is 0 Å². The van der Waals surface area contributed by atoms with Crippen molar-refractivity contribution in [3.63, 3.8) is 0 Å². The van der Waals surface area contributed by atoms with Gasteiger partial charge in [-0.1, -0.05) is 13.3 Å². The molecule has 0 aliphatic rings. The smallest absolute Gasteiger partial charge is 0.227 e. The molecule has 1 heterocycles. The first-order valence-corrected chi connectivity index (χ1v) is 7.18. The van der Waals surface area contributed by atoms with E-state index in [1.165, 1.54) is 0 Å². The number of rotatable bonds is 8. The van der Waals surface area contributed by atoms with Crippen molar-refractivity contribution < 1.29 is 9.53 Å². The maximum Gasteiger partial charge on any atom is 0.227 e. The number of nitrogens with two attached hydrogens (primary N) is 1. The fraction of sp³-hybridized carbons (Fsp3) is 0.600. The average molecular weight is 279 g/mol. The lowest BCUT2D eigenvalue weighted by atomic mass is 10.0. The lowest BCUT2D eigenvalue weighted by molar-refractivity contribution is -0.119. The van der Waals surface area contributed by atoms with Crippen molar-refractivity contribution in [3.8, 4) is 5.88 Å². The molecule has 0 bridgehead atoms. The molecular weight excluding hydrogens is 254 g/mol. The third kappa shape index (κ3) is 6.02. The molecule has 0 aliphatic heterocycles. The number of ether oxygens (including phenoxy) is 1. The van der Waals surface area contributed by atoms with Gasteiger partial charge in [-0.2, -0.15) is 0 Å². The summed E-state index contributed by atoms with van der Waals surface area (Å²) >= 11 is 0. The third-order valence-corrected chi connectivity index (χ3v) is 3.04. The van der Waals surface area contributed by atoms with Gasteiger partial charge in [0.2, 0.25) is 11.8 Å². The van der Waals surface area contributed by atoms with E-state index in [0.29, 0.717) is 18.2 Å². The second kappa shape index (κ2) is 8.53. The molecule has 0 saturated carbocycles. The van der Waals surface area contributed by atoms with Gasteiger partial charge in [-0.05, 0) is 32.8 Å². The first kappa shape index (κ1) is 16.4. The summed E-state index contributed by atoms with van der Waals surface area (Å²) in [6.45, 7) is 6.39. The fourth-order valence-electron chi connectivity index (χ4n) is 1.83. The Kier molecular flexibility index (Phi) is 7.01. The van der Waals surface area contributed by atoms with Crippen molar-refractivity contribution in [2.45, 2.75) is 46.1 Å². The average Bonchev–Trinajstić information content (AvgIpc) is 2.40. The van der Waals surface area contributed by atoms with Gasteiger partial charge in [-0.15, -0.1) is 0 Å². The van der Waals surface area contributed by atoms with Crippen LogP contribution in [0.5, 0.6) is 5.88 Å². The molecule has 1 aromatic heterocycles. The molecule has 1 amide bonds. The van der Waals surface area contributed by atoms with Crippen molar-refractivity contribution in [3.05, 3.63) is 18.3 Å². The zero-order valence-corrected chi connectivity index (χ0v) is 12.6. The van der Waals surface area contributed by atoms with Gasteiger partial charge in [0, 0.05) is 18.0 Å². The summed E-state index contributed by atoms with van der Waals surface area (Å²) in [6, 6.07) is 3.74. The summed E-state index contributed by atoms with van der Waals surface area (Å²) in [4.78, 5) is 16.1. The summed E-state index contributed by atoms with van der Waals surface area (Å²) in [5.74, 6) is 0.552. The minimum Gasteiger partial charge on any atom is -0.478 e. The maximum atomic E-state index is 12.0. The van der Waals surface area contributed by atoms with Crippen LogP contribution >= 0.6 is 0 Å². The number of carbonyl (C=O) groups excluding carboxylic acids is 1. The summed E-state index contributed by atoms with van der Waals surface area (Å²) in [7, 11) is 0. The number of aromatic nitrogens is 1. The highest BCUT2D eigenvalue weighted by atomic mass is 16.5. The highest BCUT2D eigenvalue weighted by Gasteiger charge is 2.13. The zero-order valence-electron chi connectivity index (χ0n) is 12.6. The molecule has 0 saturated heterocycles. The number of pyridine rings is 1. The number of nitrogens with one attached hydrogen (secondary N) is 1. The lowest BCUT2D eigenvalue weighted by Gasteiger charge is -2.13. The van der Waals surface area contributed by atoms with Crippen LogP contribution in [0, 0.1) is 5.92 Å². The molecule has 2 unspecified atom stereocenters. The van der Waals surface area contributed by atoms with Gasteiger partial charge in [-0.25, -0.2) is 4.98 Å². The highest BCUT2D eigenvalue weighted by Crippen LogP contribution is 2.15. The Balaban J connectivity index is 2.40. The first-order chi connectivity index (χ1) is 9.52. The Morgan fingerprint density at radius 3 is 2.70 bits per heavy atom. The number of hydrogen-bond donors (Lipinski definition) is 2. The van der Waals surface area contributed by atoms with E-state index in [9.17, 15) is 4.79 Å². The molecular formula is C15H25N3O2. The number of anilines is 1. The molecule has 5 nitrogen and oxygen atoms in total. The Morgan fingerprint density at radius 1 is 1.40 bits per heavy atom. The molecule has 0 fully saturated rings. The second-order valence-corrected chi connectivity index (χ2v) is 5.12. The summed E-state index contributed by atoms with van der Waals surface area (Å²) in [6.07, 6.45) is 4.37. The van der Waals surface area contributed by atoms with Crippen LogP contribution in [0.2, 0.25) is 0 Å². The van der Waals surface area contributed by atoms with Gasteiger partial charge in [0.1, 0.15) is 0 Å². The highest BCUT2D eigenvalue weighted by molar-refractivity contribution is 5.92. The van der Waals surface area contributed by atoms with E-state index in [0.717, 1.165) is 19.3 Å². The maximum absolute atomic E-state index is 12.0. The normalized spacial score (nSPS) is 13.6. The Labute approximate surface area is 120 Å². The van der Waals surface area contributed by atoms with Gasteiger partial charge in [-0.3, -0.25) is 4.79 Å². The van der Waals surface area contributed by atoms with Crippen molar-refractivity contribution in [1.82, 2.24) is 4.98 Å². The molecule has 1 aromatic rings. The molecule has 3 N–H and O–H groups in total. The zero-order chi connectivity index (χ0) is 15.0. The van der Waals surface area contributed by atoms with E-state index < -0.39 is 0 Å². The van der Waals surface area contributed by atoms with Crippen LogP contribution in [0.15, 0.2) is 18.3 Å². The van der Waals surface area contributed by atoms with Crippen LogP contribution in [-0.4, -0.2) is 23.5 Å². The van der Waals surface area contributed by atoms with E-state index in [1.807, 2.05) is 20.8 Å². The molecule has 0 aromatic carbocycles. The fourth-order valence-corrected chi connectivity index (χ4v) is 1.83. The molecule has 1 rings (SSSR count). The van der Waals surface area contributed by atoms with Crippen molar-refractivity contribution in [2.24, 2.45) is 11.7 Å². The monoisotopic (exact) mass is 279 g/mol. The number of carbonyl (C=O) groups is 1. The van der Waals surface area contributed by atoms with Gasteiger partial charge >= 0.3 is 0 Å². The molecule has 112 valence electrons. The summed E-state index contributed by atoms with van der Waals surface area (Å²) in [5.41, 5.74) is 6.39. The Hall–Kier alpha value is -1.62. The molecule has 2 atom stereocenters. The summed E-state index contributed by atoms with van der Waals surface area (Å²) < 4.78 is 5.25. The quantitative estimate of drug-likeness (QED) is 0.766. The molecule has 0 aliphatic carbocycles. The third-order valence-electron chi connectivity index (χ3n) is 3.04. The lowest BCUT2D eigenvalue weighted by Crippen LogP contribution is -2.21.